The maximum absolute atomic E-state index is 13.6. The van der Waals surface area contributed by atoms with Crippen LogP contribution in [0.3, 0.4) is 0 Å². The van der Waals surface area contributed by atoms with Gasteiger partial charge in [0.1, 0.15) is 5.69 Å². The number of carbonyl (C=O) groups excluding carboxylic acids is 1. The Morgan fingerprint density at radius 3 is 2.27 bits per heavy atom. The molecule has 0 fully saturated rings. The lowest BCUT2D eigenvalue weighted by molar-refractivity contribution is -0.141. The van der Waals surface area contributed by atoms with Crippen LogP contribution in [0.25, 0.3) is 16.8 Å². The molecule has 0 radical (unpaired) electrons. The van der Waals surface area contributed by atoms with Crippen molar-refractivity contribution in [2.24, 2.45) is 10.9 Å². The third-order valence-electron chi connectivity index (χ3n) is 6.33. The van der Waals surface area contributed by atoms with Crippen molar-refractivity contribution in [2.45, 2.75) is 44.3 Å². The van der Waals surface area contributed by atoms with Gasteiger partial charge in [-0.2, -0.15) is 18.3 Å². The van der Waals surface area contributed by atoms with Crippen LogP contribution in [0.1, 0.15) is 47.6 Å². The minimum Gasteiger partial charge on any atom is -0.326 e. The molecule has 236 valence electrons. The van der Waals surface area contributed by atoms with Crippen LogP contribution in [0, 0.1) is 0 Å². The number of alkyl halides is 3. The lowest BCUT2D eigenvalue weighted by Gasteiger charge is -2.19. The number of benzene rings is 3. The molecule has 0 atom stereocenters. The highest BCUT2D eigenvalue weighted by Crippen LogP contribution is 2.36. The van der Waals surface area contributed by atoms with Gasteiger partial charge in [0.2, 0.25) is 10.0 Å². The van der Waals surface area contributed by atoms with E-state index in [1.54, 1.807) is 60.7 Å². The Morgan fingerprint density at radius 2 is 1.66 bits per heavy atom. The van der Waals surface area contributed by atoms with E-state index in [4.69, 9.17) is 10.9 Å². The molecule has 4 aromatic rings. The Labute approximate surface area is 255 Å². The summed E-state index contributed by atoms with van der Waals surface area (Å²) in [7, 11) is -0.226. The molecule has 0 saturated carbocycles. The Bertz CT molecular complexity index is 1700. The van der Waals surface area contributed by atoms with E-state index in [-0.39, 0.29) is 29.4 Å². The highest BCUT2D eigenvalue weighted by molar-refractivity contribution is 7.89. The molecule has 1 amide bonds. The summed E-state index contributed by atoms with van der Waals surface area (Å²) in [5.41, 5.74) is 7.46. The molecule has 9 nitrogen and oxygen atoms in total. The first-order chi connectivity index (χ1) is 20.8. The van der Waals surface area contributed by atoms with Crippen molar-refractivity contribution < 1.29 is 26.4 Å². The minimum atomic E-state index is -4.75. The first-order valence-corrected chi connectivity index (χ1v) is 15.5. The molecule has 0 aliphatic carbocycles. The second-order valence-corrected chi connectivity index (χ2v) is 11.5. The van der Waals surface area contributed by atoms with Crippen LogP contribution in [-0.4, -0.2) is 44.7 Å². The van der Waals surface area contributed by atoms with E-state index in [0.717, 1.165) is 16.3 Å². The number of primary sulfonamides is 1. The summed E-state index contributed by atoms with van der Waals surface area (Å²) in [6.07, 6.45) is -3.07. The normalized spacial score (nSPS) is 12.5. The van der Waals surface area contributed by atoms with Gasteiger partial charge in [-0.25, -0.2) is 18.2 Å². The van der Waals surface area contributed by atoms with Crippen LogP contribution in [0.2, 0.25) is 0 Å². The summed E-state index contributed by atoms with van der Waals surface area (Å²) < 4.78 is 65.8. The third-order valence-corrected chi connectivity index (χ3v) is 7.30. The lowest BCUT2D eigenvalue weighted by atomic mass is 10.0. The second kappa shape index (κ2) is 14.6. The van der Waals surface area contributed by atoms with Gasteiger partial charge in [0.25, 0.3) is 5.91 Å². The van der Waals surface area contributed by atoms with Gasteiger partial charge < -0.3 is 16.0 Å². The van der Waals surface area contributed by atoms with Crippen LogP contribution in [0.4, 0.5) is 18.9 Å². The summed E-state index contributed by atoms with van der Waals surface area (Å²) in [4.78, 5) is 15.0. The molecule has 5 N–H and O–H groups in total. The van der Waals surface area contributed by atoms with E-state index < -0.39 is 27.8 Å². The molecule has 3 aromatic carbocycles. The SMILES string of the molecule is CCC.CNC.NCc1cccc(-n2nc(C(F)(F)F)cc2C(=O)N2CCc3cc(-c4ccccc4S(N)(=O)=O)ccc32)c1. The highest BCUT2D eigenvalue weighted by Gasteiger charge is 2.38. The monoisotopic (exact) mass is 630 g/mol. The zero-order valence-electron chi connectivity index (χ0n) is 25.0. The lowest BCUT2D eigenvalue weighted by Crippen LogP contribution is -2.30. The molecule has 1 aromatic heterocycles. The van der Waals surface area contributed by atoms with Crippen molar-refractivity contribution in [1.29, 1.82) is 0 Å². The topological polar surface area (TPSA) is 136 Å². The number of halogens is 3. The summed E-state index contributed by atoms with van der Waals surface area (Å²) in [5, 5.41) is 11.8. The van der Waals surface area contributed by atoms with Gasteiger partial charge in [-0.15, -0.1) is 0 Å². The Balaban J connectivity index is 0.000000816. The zero-order valence-corrected chi connectivity index (χ0v) is 25.8. The highest BCUT2D eigenvalue weighted by atomic mass is 32.2. The van der Waals surface area contributed by atoms with Gasteiger partial charge in [-0.05, 0) is 67.5 Å². The number of aromatic nitrogens is 2. The fraction of sp³-hybridized carbons (Fsp3) is 0.290. The number of amides is 1. The number of nitrogens with two attached hydrogens (primary N) is 2. The number of anilines is 1. The van der Waals surface area contributed by atoms with E-state index >= 15 is 0 Å². The van der Waals surface area contributed by atoms with Gasteiger partial charge in [-0.1, -0.05) is 56.7 Å². The molecular formula is C31H37F3N6O3S. The van der Waals surface area contributed by atoms with Crippen molar-refractivity contribution in [3.05, 3.63) is 95.3 Å². The molecule has 1 aliphatic rings. The number of rotatable bonds is 5. The summed E-state index contributed by atoms with van der Waals surface area (Å²) >= 11 is 0. The van der Waals surface area contributed by atoms with E-state index in [2.05, 4.69) is 24.3 Å². The van der Waals surface area contributed by atoms with Crippen molar-refractivity contribution in [3.8, 4) is 16.8 Å². The molecule has 44 heavy (non-hydrogen) atoms. The predicted molar refractivity (Wildman–Crippen MR) is 166 cm³/mol. The van der Waals surface area contributed by atoms with Crippen molar-refractivity contribution in [2.75, 3.05) is 25.5 Å². The number of nitrogens with one attached hydrogen (secondary N) is 1. The van der Waals surface area contributed by atoms with E-state index in [9.17, 15) is 26.4 Å². The molecular weight excluding hydrogens is 593 g/mol. The van der Waals surface area contributed by atoms with Crippen molar-refractivity contribution in [3.63, 3.8) is 0 Å². The quantitative estimate of drug-likeness (QED) is 0.280. The second-order valence-electron chi connectivity index (χ2n) is 10.00. The largest absolute Gasteiger partial charge is 0.435 e. The molecule has 0 unspecified atom stereocenters. The molecule has 13 heteroatoms. The van der Waals surface area contributed by atoms with Gasteiger partial charge in [0, 0.05) is 30.4 Å². The first-order valence-electron chi connectivity index (χ1n) is 13.9. The zero-order chi connectivity index (χ0) is 32.7. The van der Waals surface area contributed by atoms with Crippen LogP contribution in [0.5, 0.6) is 0 Å². The van der Waals surface area contributed by atoms with E-state index in [0.29, 0.717) is 28.8 Å². The maximum atomic E-state index is 13.6. The van der Waals surface area contributed by atoms with Gasteiger partial charge in [-0.3, -0.25) is 4.79 Å². The predicted octanol–water partition coefficient (Wildman–Crippen LogP) is 5.12. The molecule has 0 bridgehead atoms. The van der Waals surface area contributed by atoms with E-state index in [1.165, 1.54) is 17.4 Å². The third kappa shape index (κ3) is 7.91. The molecule has 0 spiro atoms. The Morgan fingerprint density at radius 1 is 1.00 bits per heavy atom. The Kier molecular flexibility index (Phi) is 11.4. The summed E-state index contributed by atoms with van der Waals surface area (Å²) in [6, 6.07) is 18.6. The van der Waals surface area contributed by atoms with Gasteiger partial charge in [0.05, 0.1) is 10.6 Å². The number of sulfonamides is 1. The van der Waals surface area contributed by atoms with Crippen LogP contribution in [-0.2, 0) is 29.2 Å². The summed E-state index contributed by atoms with van der Waals surface area (Å²) in [6.45, 7) is 4.64. The number of carbonyl (C=O) groups is 1. The fourth-order valence-electron chi connectivity index (χ4n) is 4.56. The Hall–Kier alpha value is -4.04. The number of nitrogens with zero attached hydrogens (tertiary/aromatic N) is 3. The average molecular weight is 631 g/mol. The number of hydrogen-bond acceptors (Lipinski definition) is 6. The minimum absolute atomic E-state index is 0.0332. The van der Waals surface area contributed by atoms with Crippen LogP contribution in [0.15, 0.2) is 77.7 Å². The molecule has 2 heterocycles. The molecule has 5 rings (SSSR count). The number of fused-ring (bicyclic) bond motifs is 1. The van der Waals surface area contributed by atoms with Gasteiger partial charge in [0.15, 0.2) is 5.69 Å². The van der Waals surface area contributed by atoms with Crippen molar-refractivity contribution >= 4 is 21.6 Å². The first kappa shape index (κ1) is 34.5. The van der Waals surface area contributed by atoms with E-state index in [1.807, 2.05) is 14.1 Å². The van der Waals surface area contributed by atoms with Crippen LogP contribution >= 0.6 is 0 Å². The number of hydrogen-bond donors (Lipinski definition) is 3. The fourth-order valence-corrected chi connectivity index (χ4v) is 5.32. The smallest absolute Gasteiger partial charge is 0.326 e. The van der Waals surface area contributed by atoms with Crippen molar-refractivity contribution in [1.82, 2.24) is 15.1 Å². The van der Waals surface area contributed by atoms with Gasteiger partial charge >= 0.3 is 6.18 Å². The molecule has 0 saturated heterocycles. The van der Waals surface area contributed by atoms with Crippen LogP contribution < -0.4 is 21.1 Å². The maximum Gasteiger partial charge on any atom is 0.435 e. The summed E-state index contributed by atoms with van der Waals surface area (Å²) in [5.74, 6) is -0.650. The average Bonchev–Trinajstić information content (AvgIpc) is 3.62. The molecule has 1 aliphatic heterocycles. The standard InChI is InChI=1S/C26H22F3N5O3S.C3H8.C2H7N/c27-26(28,29)24-14-22(34(32-24)19-5-3-4-16(12-19)15-30)25(35)33-11-10-18-13-17(8-9-21(18)33)20-6-1-2-7-23(20)38(31,36)37;2*1-3-2/h1-9,12-14H,10-11,15,30H2,(H2,31,36,37);3H2,1-2H3;3H,1-2H3.